The maximum Gasteiger partial charge on any atom is 0.254 e. The van der Waals surface area contributed by atoms with Crippen molar-refractivity contribution < 1.29 is 14.0 Å². The second kappa shape index (κ2) is 9.69. The minimum atomic E-state index is -0.580. The SMILES string of the molecule is CCC(C)C1=NC(C)(C2CC2)CC(=O)N1Cc1ccc(F)c(C(=O)NC(C)c2ccccc2)c1. The number of benzene rings is 2. The molecule has 0 spiro atoms. The van der Waals surface area contributed by atoms with Crippen LogP contribution in [0.15, 0.2) is 53.5 Å². The highest BCUT2D eigenvalue weighted by molar-refractivity contribution is 6.02. The lowest BCUT2D eigenvalue weighted by Gasteiger charge is -2.39. The van der Waals surface area contributed by atoms with Crippen molar-refractivity contribution >= 4 is 17.6 Å². The van der Waals surface area contributed by atoms with Crippen LogP contribution in [0.2, 0.25) is 0 Å². The third-order valence-corrected chi connectivity index (χ3v) is 7.23. The highest BCUT2D eigenvalue weighted by Crippen LogP contribution is 2.46. The summed E-state index contributed by atoms with van der Waals surface area (Å²) in [6.45, 7) is 8.42. The van der Waals surface area contributed by atoms with Crippen LogP contribution in [-0.2, 0) is 11.3 Å². The maximum atomic E-state index is 14.6. The minimum absolute atomic E-state index is 0.0189. The molecule has 1 N–H and O–H groups in total. The van der Waals surface area contributed by atoms with Crippen LogP contribution >= 0.6 is 0 Å². The van der Waals surface area contributed by atoms with E-state index in [4.69, 9.17) is 4.99 Å². The fourth-order valence-electron chi connectivity index (χ4n) is 4.69. The van der Waals surface area contributed by atoms with Crippen molar-refractivity contribution in [1.29, 1.82) is 0 Å². The number of nitrogens with one attached hydrogen (secondary N) is 1. The van der Waals surface area contributed by atoms with E-state index in [9.17, 15) is 14.0 Å². The fraction of sp³-hybridized carbons (Fsp3) is 0.464. The van der Waals surface area contributed by atoms with Crippen LogP contribution in [0.5, 0.6) is 0 Å². The molecule has 1 aliphatic carbocycles. The van der Waals surface area contributed by atoms with Crippen LogP contribution in [0.25, 0.3) is 0 Å². The number of hydrogen-bond donors (Lipinski definition) is 1. The highest BCUT2D eigenvalue weighted by Gasteiger charge is 2.47. The first-order valence-corrected chi connectivity index (χ1v) is 12.3. The molecule has 0 bridgehead atoms. The minimum Gasteiger partial charge on any atom is -0.345 e. The Morgan fingerprint density at radius 2 is 1.91 bits per heavy atom. The first-order chi connectivity index (χ1) is 16.2. The van der Waals surface area contributed by atoms with Gasteiger partial charge in [-0.25, -0.2) is 4.39 Å². The Bertz CT molecular complexity index is 1100. The van der Waals surface area contributed by atoms with E-state index in [1.807, 2.05) is 37.3 Å². The molecule has 1 heterocycles. The van der Waals surface area contributed by atoms with Gasteiger partial charge >= 0.3 is 0 Å². The van der Waals surface area contributed by atoms with Gasteiger partial charge in [-0.1, -0.05) is 50.2 Å². The Kier molecular flexibility index (Phi) is 6.87. The Hall–Kier alpha value is -3.02. The van der Waals surface area contributed by atoms with Gasteiger partial charge in [0.25, 0.3) is 5.91 Å². The Balaban J connectivity index is 1.56. The highest BCUT2D eigenvalue weighted by atomic mass is 19.1. The van der Waals surface area contributed by atoms with Crippen molar-refractivity contribution in [2.75, 3.05) is 0 Å². The molecule has 2 amide bonds. The predicted octanol–water partition coefficient (Wildman–Crippen LogP) is 5.66. The van der Waals surface area contributed by atoms with Crippen molar-refractivity contribution in [1.82, 2.24) is 10.2 Å². The number of carbonyl (C=O) groups is 2. The van der Waals surface area contributed by atoms with E-state index in [0.717, 1.165) is 30.7 Å². The third kappa shape index (κ3) is 5.06. The van der Waals surface area contributed by atoms with Crippen LogP contribution in [0.1, 0.15) is 80.9 Å². The summed E-state index contributed by atoms with van der Waals surface area (Å²) in [6.07, 6.45) is 3.51. The largest absolute Gasteiger partial charge is 0.345 e. The lowest BCUT2D eigenvalue weighted by molar-refractivity contribution is -0.130. The van der Waals surface area contributed by atoms with Crippen molar-refractivity contribution in [3.05, 3.63) is 71.0 Å². The number of halogens is 1. The van der Waals surface area contributed by atoms with Gasteiger partial charge in [0.15, 0.2) is 0 Å². The number of amides is 2. The van der Waals surface area contributed by atoms with Crippen molar-refractivity contribution in [3.63, 3.8) is 0 Å². The van der Waals surface area contributed by atoms with Crippen LogP contribution in [0, 0.1) is 17.7 Å². The van der Waals surface area contributed by atoms with Gasteiger partial charge in [-0.2, -0.15) is 0 Å². The van der Waals surface area contributed by atoms with Crippen LogP contribution in [-0.4, -0.2) is 28.1 Å². The lowest BCUT2D eigenvalue weighted by Crippen LogP contribution is -2.49. The molecule has 34 heavy (non-hydrogen) atoms. The molecule has 1 aliphatic heterocycles. The van der Waals surface area contributed by atoms with E-state index >= 15 is 0 Å². The zero-order chi connectivity index (χ0) is 24.5. The molecule has 3 unspecified atom stereocenters. The van der Waals surface area contributed by atoms with Crippen LogP contribution < -0.4 is 5.32 Å². The first-order valence-electron chi connectivity index (χ1n) is 12.3. The molecule has 0 radical (unpaired) electrons. The summed E-state index contributed by atoms with van der Waals surface area (Å²) in [5.41, 5.74) is 1.31. The summed E-state index contributed by atoms with van der Waals surface area (Å²) in [6, 6.07) is 13.8. The second-order valence-electron chi connectivity index (χ2n) is 9.99. The summed E-state index contributed by atoms with van der Waals surface area (Å²) in [4.78, 5) is 33.0. The topological polar surface area (TPSA) is 61.8 Å². The average molecular weight is 464 g/mol. The molecule has 0 saturated heterocycles. The summed E-state index contributed by atoms with van der Waals surface area (Å²) < 4.78 is 14.6. The normalized spacial score (nSPS) is 22.2. The zero-order valence-electron chi connectivity index (χ0n) is 20.5. The number of nitrogens with zero attached hydrogens (tertiary/aromatic N) is 2. The van der Waals surface area contributed by atoms with Crippen LogP contribution in [0.4, 0.5) is 4.39 Å². The molecular formula is C28H34FN3O2. The number of carbonyl (C=O) groups excluding carboxylic acids is 2. The molecule has 1 fully saturated rings. The van der Waals surface area contributed by atoms with Crippen LogP contribution in [0.3, 0.4) is 0 Å². The van der Waals surface area contributed by atoms with Crippen molar-refractivity contribution in [2.24, 2.45) is 16.8 Å². The second-order valence-corrected chi connectivity index (χ2v) is 9.99. The van der Waals surface area contributed by atoms with Gasteiger partial charge in [-0.05, 0) is 62.3 Å². The monoisotopic (exact) mass is 463 g/mol. The molecule has 2 aromatic rings. The molecule has 3 atom stereocenters. The summed E-state index contributed by atoms with van der Waals surface area (Å²) in [5.74, 6) is 0.415. The smallest absolute Gasteiger partial charge is 0.254 e. The van der Waals surface area contributed by atoms with Gasteiger partial charge in [-0.3, -0.25) is 19.5 Å². The van der Waals surface area contributed by atoms with E-state index in [2.05, 4.69) is 26.1 Å². The van der Waals surface area contributed by atoms with E-state index in [1.54, 1.807) is 17.0 Å². The predicted molar refractivity (Wildman–Crippen MR) is 132 cm³/mol. The van der Waals surface area contributed by atoms with Gasteiger partial charge in [-0.15, -0.1) is 0 Å². The van der Waals surface area contributed by atoms with Gasteiger partial charge in [0.2, 0.25) is 5.91 Å². The van der Waals surface area contributed by atoms with E-state index in [0.29, 0.717) is 17.9 Å². The van der Waals surface area contributed by atoms with Gasteiger partial charge < -0.3 is 5.32 Å². The molecule has 0 aromatic heterocycles. The fourth-order valence-corrected chi connectivity index (χ4v) is 4.69. The lowest BCUT2D eigenvalue weighted by atomic mass is 9.88. The number of rotatable bonds is 8. The number of aliphatic imine (C=N–C) groups is 1. The molecule has 5 nitrogen and oxygen atoms in total. The average Bonchev–Trinajstić information content (AvgIpc) is 3.68. The van der Waals surface area contributed by atoms with Gasteiger partial charge in [0.1, 0.15) is 11.7 Å². The Morgan fingerprint density at radius 1 is 1.21 bits per heavy atom. The summed E-state index contributed by atoms with van der Waals surface area (Å²) in [5, 5.41) is 2.88. The Morgan fingerprint density at radius 3 is 2.56 bits per heavy atom. The van der Waals surface area contributed by atoms with Crippen molar-refractivity contribution in [3.8, 4) is 0 Å². The number of hydrogen-bond acceptors (Lipinski definition) is 3. The molecule has 180 valence electrons. The maximum absolute atomic E-state index is 14.6. The molecule has 6 heteroatoms. The van der Waals surface area contributed by atoms with Gasteiger partial charge in [0.05, 0.1) is 30.1 Å². The summed E-state index contributed by atoms with van der Waals surface area (Å²) >= 11 is 0. The standard InChI is InChI=1S/C28H34FN3O2/c1-5-18(2)26-31-28(4,22-12-13-22)16-25(33)32(26)17-20-11-14-24(29)23(15-20)27(34)30-19(3)21-9-7-6-8-10-21/h6-11,14-15,18-19,22H,5,12-13,16-17H2,1-4H3,(H,30,34). The third-order valence-electron chi connectivity index (χ3n) is 7.23. The van der Waals surface area contributed by atoms with E-state index in [-0.39, 0.29) is 35.5 Å². The number of amidine groups is 1. The van der Waals surface area contributed by atoms with Crippen molar-refractivity contribution in [2.45, 2.75) is 71.5 Å². The molecular weight excluding hydrogens is 429 g/mol. The first kappa shape index (κ1) is 24.1. The molecule has 2 aliphatic rings. The van der Waals surface area contributed by atoms with E-state index < -0.39 is 11.7 Å². The molecule has 1 saturated carbocycles. The zero-order valence-corrected chi connectivity index (χ0v) is 20.5. The molecule has 4 rings (SSSR count). The van der Waals surface area contributed by atoms with E-state index in [1.165, 1.54) is 6.07 Å². The quantitative estimate of drug-likeness (QED) is 0.549. The van der Waals surface area contributed by atoms with Gasteiger partial charge in [0, 0.05) is 5.92 Å². The molecule has 2 aromatic carbocycles. The summed E-state index contributed by atoms with van der Waals surface area (Å²) in [7, 11) is 0. The Labute approximate surface area is 201 Å².